The molecule has 1 amide bonds. The molecule has 126 valence electrons. The molecule has 0 aliphatic carbocycles. The lowest BCUT2D eigenvalue weighted by Gasteiger charge is -2.27. The molecule has 1 aliphatic heterocycles. The van der Waals surface area contributed by atoms with Crippen LogP contribution in [-0.4, -0.2) is 59.9 Å². The lowest BCUT2D eigenvalue weighted by molar-refractivity contribution is 0.0938. The van der Waals surface area contributed by atoms with Gasteiger partial charge in [-0.1, -0.05) is 20.8 Å². The molecule has 1 aliphatic rings. The van der Waals surface area contributed by atoms with Gasteiger partial charge in [0.05, 0.1) is 5.69 Å². The number of carbonyl (C=O) groups is 1. The lowest BCUT2D eigenvalue weighted by atomic mass is 9.92. The lowest BCUT2D eigenvalue weighted by Crippen LogP contribution is -2.46. The highest BCUT2D eigenvalue weighted by Crippen LogP contribution is 2.21. The van der Waals surface area contributed by atoms with Gasteiger partial charge in [-0.3, -0.25) is 14.4 Å². The standard InChI is InChI=1S/C15H27N5O.ClH/c1-15(2,3)13-11-12(19(4)18-13)14(21)17-7-10-20-8-5-16-6-9-20;/h11,16H,5-10H2,1-4H3,(H,17,21);1H. The molecule has 2 rings (SSSR count). The summed E-state index contributed by atoms with van der Waals surface area (Å²) in [7, 11) is 1.82. The molecule has 22 heavy (non-hydrogen) atoms. The van der Waals surface area contributed by atoms with Gasteiger partial charge in [0.1, 0.15) is 5.69 Å². The maximum Gasteiger partial charge on any atom is 0.269 e. The van der Waals surface area contributed by atoms with Gasteiger partial charge in [0.25, 0.3) is 5.91 Å². The molecule has 0 spiro atoms. The van der Waals surface area contributed by atoms with E-state index in [9.17, 15) is 4.79 Å². The number of carbonyl (C=O) groups excluding carboxylic acids is 1. The van der Waals surface area contributed by atoms with Crippen molar-refractivity contribution in [1.82, 2.24) is 25.3 Å². The summed E-state index contributed by atoms with van der Waals surface area (Å²) in [6.07, 6.45) is 0. The molecule has 1 fully saturated rings. The second-order valence-electron chi connectivity index (χ2n) is 6.64. The number of nitrogens with one attached hydrogen (secondary N) is 2. The van der Waals surface area contributed by atoms with E-state index in [1.807, 2.05) is 13.1 Å². The summed E-state index contributed by atoms with van der Waals surface area (Å²) in [5.41, 5.74) is 1.52. The van der Waals surface area contributed by atoms with Gasteiger partial charge in [0, 0.05) is 51.7 Å². The molecule has 1 saturated heterocycles. The molecule has 0 unspecified atom stereocenters. The predicted molar refractivity (Wildman–Crippen MR) is 90.8 cm³/mol. The summed E-state index contributed by atoms with van der Waals surface area (Å²) in [4.78, 5) is 14.6. The third kappa shape index (κ3) is 4.97. The topological polar surface area (TPSA) is 62.2 Å². The first-order valence-electron chi connectivity index (χ1n) is 7.64. The molecule has 0 saturated carbocycles. The zero-order valence-electron chi connectivity index (χ0n) is 14.0. The second-order valence-corrected chi connectivity index (χ2v) is 6.64. The van der Waals surface area contributed by atoms with E-state index in [2.05, 4.69) is 41.4 Å². The Kier molecular flexibility index (Phi) is 6.84. The number of rotatable bonds is 4. The molecule has 0 atom stereocenters. The number of aryl methyl sites for hydroxylation is 1. The van der Waals surface area contributed by atoms with Crippen LogP contribution in [0.25, 0.3) is 0 Å². The highest BCUT2D eigenvalue weighted by atomic mass is 35.5. The summed E-state index contributed by atoms with van der Waals surface area (Å²) in [6.45, 7) is 12.0. The van der Waals surface area contributed by atoms with Gasteiger partial charge in [-0.15, -0.1) is 12.4 Å². The first-order valence-corrected chi connectivity index (χ1v) is 7.64. The molecule has 0 bridgehead atoms. The summed E-state index contributed by atoms with van der Waals surface area (Å²) < 4.78 is 1.67. The number of halogens is 1. The third-order valence-electron chi connectivity index (χ3n) is 3.80. The second kappa shape index (κ2) is 7.94. The molecule has 2 N–H and O–H groups in total. The van der Waals surface area contributed by atoms with Gasteiger partial charge in [-0.2, -0.15) is 5.10 Å². The highest BCUT2D eigenvalue weighted by Gasteiger charge is 2.21. The highest BCUT2D eigenvalue weighted by molar-refractivity contribution is 5.92. The average molecular weight is 330 g/mol. The summed E-state index contributed by atoms with van der Waals surface area (Å²) >= 11 is 0. The Bertz CT molecular complexity index is 489. The molecule has 6 nitrogen and oxygen atoms in total. The zero-order chi connectivity index (χ0) is 15.5. The van der Waals surface area contributed by atoms with Crippen molar-refractivity contribution < 1.29 is 4.79 Å². The Morgan fingerprint density at radius 3 is 2.55 bits per heavy atom. The fraction of sp³-hybridized carbons (Fsp3) is 0.733. The molecule has 1 aromatic rings. The molecule has 7 heteroatoms. The minimum atomic E-state index is -0.0457. The maximum absolute atomic E-state index is 12.2. The maximum atomic E-state index is 12.2. The van der Waals surface area contributed by atoms with Gasteiger partial charge in [-0.05, 0) is 6.07 Å². The smallest absolute Gasteiger partial charge is 0.269 e. The van der Waals surface area contributed by atoms with Crippen LogP contribution in [0.3, 0.4) is 0 Å². The molecule has 0 aromatic carbocycles. The van der Waals surface area contributed by atoms with Crippen molar-refractivity contribution in [3.8, 4) is 0 Å². The van der Waals surface area contributed by atoms with E-state index in [-0.39, 0.29) is 23.7 Å². The number of hydrogen-bond acceptors (Lipinski definition) is 4. The number of amides is 1. The normalized spacial score (nSPS) is 16.2. The Hall–Kier alpha value is -1.11. The third-order valence-corrected chi connectivity index (χ3v) is 3.80. The monoisotopic (exact) mass is 329 g/mol. The van der Waals surface area contributed by atoms with Crippen molar-refractivity contribution in [1.29, 1.82) is 0 Å². The van der Waals surface area contributed by atoms with Gasteiger partial charge >= 0.3 is 0 Å². The van der Waals surface area contributed by atoms with Crippen LogP contribution in [0.1, 0.15) is 37.0 Å². The molecular formula is C15H28ClN5O. The quantitative estimate of drug-likeness (QED) is 0.856. The van der Waals surface area contributed by atoms with Gasteiger partial charge in [0.2, 0.25) is 0 Å². The van der Waals surface area contributed by atoms with Crippen LogP contribution in [-0.2, 0) is 12.5 Å². The van der Waals surface area contributed by atoms with E-state index in [0.717, 1.165) is 38.4 Å². The van der Waals surface area contributed by atoms with Crippen LogP contribution in [0, 0.1) is 0 Å². The Labute approximate surface area is 139 Å². The van der Waals surface area contributed by atoms with E-state index in [1.54, 1.807) is 4.68 Å². The summed E-state index contributed by atoms with van der Waals surface area (Å²) in [5.74, 6) is -0.0457. The Morgan fingerprint density at radius 1 is 1.36 bits per heavy atom. The molecule has 2 heterocycles. The van der Waals surface area contributed by atoms with Gasteiger partial charge in [-0.25, -0.2) is 0 Å². The first-order chi connectivity index (χ1) is 9.88. The van der Waals surface area contributed by atoms with Crippen LogP contribution in [0.15, 0.2) is 6.07 Å². The van der Waals surface area contributed by atoms with E-state index in [0.29, 0.717) is 12.2 Å². The van der Waals surface area contributed by atoms with Gasteiger partial charge < -0.3 is 10.6 Å². The molecule has 1 aromatic heterocycles. The van der Waals surface area contributed by atoms with Crippen molar-refractivity contribution in [2.75, 3.05) is 39.3 Å². The zero-order valence-corrected chi connectivity index (χ0v) is 14.8. The van der Waals surface area contributed by atoms with Crippen molar-refractivity contribution >= 4 is 18.3 Å². The van der Waals surface area contributed by atoms with Crippen molar-refractivity contribution in [2.45, 2.75) is 26.2 Å². The van der Waals surface area contributed by atoms with Crippen LogP contribution in [0.2, 0.25) is 0 Å². The number of aromatic nitrogens is 2. The number of nitrogens with zero attached hydrogens (tertiary/aromatic N) is 3. The van der Waals surface area contributed by atoms with E-state index >= 15 is 0 Å². The fourth-order valence-corrected chi connectivity index (χ4v) is 2.40. The number of hydrogen-bond donors (Lipinski definition) is 2. The van der Waals surface area contributed by atoms with Crippen LogP contribution in [0.4, 0.5) is 0 Å². The Balaban J connectivity index is 0.00000242. The molecule has 0 radical (unpaired) electrons. The molecular weight excluding hydrogens is 302 g/mol. The van der Waals surface area contributed by atoms with Crippen molar-refractivity contribution in [3.63, 3.8) is 0 Å². The van der Waals surface area contributed by atoms with E-state index in [1.165, 1.54) is 0 Å². The minimum Gasteiger partial charge on any atom is -0.349 e. The van der Waals surface area contributed by atoms with Crippen LogP contribution >= 0.6 is 12.4 Å². The summed E-state index contributed by atoms with van der Waals surface area (Å²) in [6, 6.07) is 1.89. The average Bonchev–Trinajstić information content (AvgIpc) is 2.82. The Morgan fingerprint density at radius 2 is 2.00 bits per heavy atom. The largest absolute Gasteiger partial charge is 0.349 e. The summed E-state index contributed by atoms with van der Waals surface area (Å²) in [5, 5.41) is 10.8. The minimum absolute atomic E-state index is 0. The number of piperazine rings is 1. The van der Waals surface area contributed by atoms with Crippen molar-refractivity contribution in [3.05, 3.63) is 17.5 Å². The fourth-order valence-electron chi connectivity index (χ4n) is 2.40. The van der Waals surface area contributed by atoms with Crippen molar-refractivity contribution in [2.24, 2.45) is 7.05 Å². The van der Waals surface area contributed by atoms with E-state index < -0.39 is 0 Å². The van der Waals surface area contributed by atoms with Crippen LogP contribution < -0.4 is 10.6 Å². The first kappa shape index (κ1) is 18.9. The van der Waals surface area contributed by atoms with Crippen LogP contribution in [0.5, 0.6) is 0 Å². The van der Waals surface area contributed by atoms with E-state index in [4.69, 9.17) is 0 Å². The SMILES string of the molecule is Cl.Cn1nc(C(C)(C)C)cc1C(=O)NCCN1CCNCC1. The predicted octanol–water partition coefficient (Wildman–Crippen LogP) is 0.774. The van der Waals surface area contributed by atoms with Gasteiger partial charge in [0.15, 0.2) is 0 Å².